The predicted molar refractivity (Wildman–Crippen MR) is 118 cm³/mol. The smallest absolute Gasteiger partial charge is 0.262 e. The Hall–Kier alpha value is -2.29. The van der Waals surface area contributed by atoms with Gasteiger partial charge in [-0.05, 0) is 43.7 Å². The molecule has 0 saturated heterocycles. The molecule has 7 nitrogen and oxygen atoms in total. The molecular weight excluding hydrogens is 426 g/mol. The Morgan fingerprint density at radius 2 is 2.13 bits per heavy atom. The molecule has 9 heteroatoms. The third-order valence-electron chi connectivity index (χ3n) is 4.55. The van der Waals surface area contributed by atoms with Crippen LogP contribution in [0.25, 0.3) is 10.9 Å². The van der Waals surface area contributed by atoms with Crippen molar-refractivity contribution >= 4 is 40.2 Å². The Balaban J connectivity index is 1.79. The summed E-state index contributed by atoms with van der Waals surface area (Å²) in [5, 5.41) is 1.49. The van der Waals surface area contributed by atoms with Crippen LogP contribution < -0.4 is 5.56 Å². The van der Waals surface area contributed by atoms with Crippen molar-refractivity contribution in [2.75, 3.05) is 26.5 Å². The van der Waals surface area contributed by atoms with E-state index in [1.807, 2.05) is 19.1 Å². The first-order valence-electron chi connectivity index (χ1n) is 9.50. The molecule has 1 amide bonds. The highest BCUT2D eigenvalue weighted by molar-refractivity contribution is 7.99. The molecule has 0 fully saturated rings. The lowest BCUT2D eigenvalue weighted by Crippen LogP contribution is -2.29. The van der Waals surface area contributed by atoms with Crippen molar-refractivity contribution in [3.05, 3.63) is 57.2 Å². The van der Waals surface area contributed by atoms with Crippen LogP contribution in [0.2, 0.25) is 5.02 Å². The summed E-state index contributed by atoms with van der Waals surface area (Å²) in [5.74, 6) is 1.60. The maximum atomic E-state index is 13.0. The standard InChI is InChI=1S/C21H24ClN3O4S/c1-14-5-7-16(29-14)12-24(2)19(26)13-30-21-23-18-11-15(22)6-8-17(18)20(27)25(21)9-4-10-28-3/h5-8,11H,4,9-10,12-13H2,1-3H3. The summed E-state index contributed by atoms with van der Waals surface area (Å²) in [4.78, 5) is 31.8. The maximum Gasteiger partial charge on any atom is 0.262 e. The number of hydrogen-bond donors (Lipinski definition) is 0. The average molecular weight is 450 g/mol. The Bertz CT molecular complexity index is 1100. The van der Waals surface area contributed by atoms with Gasteiger partial charge in [-0.2, -0.15) is 0 Å². The van der Waals surface area contributed by atoms with Gasteiger partial charge in [0, 0.05) is 32.3 Å². The van der Waals surface area contributed by atoms with E-state index in [9.17, 15) is 9.59 Å². The first kappa shape index (κ1) is 22.4. The van der Waals surface area contributed by atoms with Crippen LogP contribution in [0.5, 0.6) is 0 Å². The largest absolute Gasteiger partial charge is 0.464 e. The molecule has 160 valence electrons. The molecule has 0 radical (unpaired) electrons. The van der Waals surface area contributed by atoms with Crippen LogP contribution in [0.4, 0.5) is 0 Å². The monoisotopic (exact) mass is 449 g/mol. The molecule has 2 aromatic heterocycles. The van der Waals surface area contributed by atoms with E-state index in [1.54, 1.807) is 41.8 Å². The zero-order chi connectivity index (χ0) is 21.7. The van der Waals surface area contributed by atoms with E-state index in [1.165, 1.54) is 11.8 Å². The summed E-state index contributed by atoms with van der Waals surface area (Å²) in [6.07, 6.45) is 0.663. The minimum Gasteiger partial charge on any atom is -0.464 e. The van der Waals surface area contributed by atoms with Crippen molar-refractivity contribution in [3.63, 3.8) is 0 Å². The Kier molecular flexibility index (Phi) is 7.58. The molecular formula is C21H24ClN3O4S. The van der Waals surface area contributed by atoms with E-state index in [4.69, 9.17) is 20.8 Å². The van der Waals surface area contributed by atoms with Gasteiger partial charge in [-0.3, -0.25) is 14.2 Å². The molecule has 0 atom stereocenters. The second kappa shape index (κ2) is 10.1. The lowest BCUT2D eigenvalue weighted by Gasteiger charge is -2.17. The third-order valence-corrected chi connectivity index (χ3v) is 5.75. The van der Waals surface area contributed by atoms with Crippen LogP contribution in [-0.2, 0) is 22.6 Å². The van der Waals surface area contributed by atoms with Crippen LogP contribution in [0.3, 0.4) is 0 Å². The van der Waals surface area contributed by atoms with E-state index in [0.29, 0.717) is 47.2 Å². The number of carbonyl (C=O) groups is 1. The van der Waals surface area contributed by atoms with E-state index < -0.39 is 0 Å². The van der Waals surface area contributed by atoms with Gasteiger partial charge in [-0.1, -0.05) is 23.4 Å². The molecule has 3 rings (SSSR count). The number of thioether (sulfide) groups is 1. The molecule has 0 aliphatic carbocycles. The van der Waals surface area contributed by atoms with Crippen molar-refractivity contribution in [2.45, 2.75) is 31.6 Å². The number of rotatable bonds is 9. The molecule has 2 heterocycles. The fourth-order valence-electron chi connectivity index (χ4n) is 2.98. The number of aromatic nitrogens is 2. The Labute approximate surface area is 184 Å². The van der Waals surface area contributed by atoms with Gasteiger partial charge in [0.2, 0.25) is 5.91 Å². The van der Waals surface area contributed by atoms with Gasteiger partial charge < -0.3 is 14.1 Å². The summed E-state index contributed by atoms with van der Waals surface area (Å²) < 4.78 is 12.2. The molecule has 1 aromatic carbocycles. The number of amides is 1. The summed E-state index contributed by atoms with van der Waals surface area (Å²) in [5.41, 5.74) is 0.368. The normalized spacial score (nSPS) is 11.2. The molecule has 0 saturated carbocycles. The van der Waals surface area contributed by atoms with Gasteiger partial charge >= 0.3 is 0 Å². The minimum absolute atomic E-state index is 0.0852. The Morgan fingerprint density at radius 1 is 1.33 bits per heavy atom. The molecule has 0 aliphatic heterocycles. The van der Waals surface area contributed by atoms with Crippen LogP contribution in [0.15, 0.2) is 44.7 Å². The quantitative estimate of drug-likeness (QED) is 0.281. The zero-order valence-electron chi connectivity index (χ0n) is 17.2. The first-order valence-corrected chi connectivity index (χ1v) is 10.9. The lowest BCUT2D eigenvalue weighted by molar-refractivity contribution is -0.127. The fourth-order valence-corrected chi connectivity index (χ4v) is 4.11. The van der Waals surface area contributed by atoms with E-state index in [-0.39, 0.29) is 17.2 Å². The second-order valence-corrected chi connectivity index (χ2v) is 8.29. The average Bonchev–Trinajstić information content (AvgIpc) is 3.12. The topological polar surface area (TPSA) is 77.6 Å². The molecule has 0 unspecified atom stereocenters. The number of aryl methyl sites for hydroxylation is 1. The van der Waals surface area contributed by atoms with Crippen molar-refractivity contribution in [3.8, 4) is 0 Å². The van der Waals surface area contributed by atoms with Gasteiger partial charge in [-0.25, -0.2) is 4.98 Å². The number of furan rings is 1. The molecule has 30 heavy (non-hydrogen) atoms. The molecule has 0 spiro atoms. The SMILES string of the molecule is COCCCn1c(SCC(=O)N(C)Cc2ccc(C)o2)nc2cc(Cl)ccc2c1=O. The van der Waals surface area contributed by atoms with Crippen LogP contribution in [-0.4, -0.2) is 46.9 Å². The predicted octanol–water partition coefficient (Wildman–Crippen LogP) is 3.74. The highest BCUT2D eigenvalue weighted by atomic mass is 35.5. The van der Waals surface area contributed by atoms with Crippen molar-refractivity contribution < 1.29 is 13.9 Å². The summed E-state index contributed by atoms with van der Waals surface area (Å²) in [7, 11) is 3.34. The van der Waals surface area contributed by atoms with Gasteiger partial charge in [-0.15, -0.1) is 0 Å². The van der Waals surface area contributed by atoms with Crippen LogP contribution >= 0.6 is 23.4 Å². The Morgan fingerprint density at radius 3 is 2.83 bits per heavy atom. The fraction of sp³-hybridized carbons (Fsp3) is 0.381. The van der Waals surface area contributed by atoms with E-state index in [2.05, 4.69) is 4.98 Å². The van der Waals surface area contributed by atoms with Crippen LogP contribution in [0.1, 0.15) is 17.9 Å². The highest BCUT2D eigenvalue weighted by Gasteiger charge is 2.16. The molecule has 0 bridgehead atoms. The van der Waals surface area contributed by atoms with Gasteiger partial charge in [0.15, 0.2) is 5.16 Å². The zero-order valence-corrected chi connectivity index (χ0v) is 18.8. The first-order chi connectivity index (χ1) is 14.4. The minimum atomic E-state index is -0.151. The number of hydrogen-bond acceptors (Lipinski definition) is 6. The summed E-state index contributed by atoms with van der Waals surface area (Å²) in [6.45, 7) is 3.23. The second-order valence-electron chi connectivity index (χ2n) is 6.91. The van der Waals surface area contributed by atoms with Gasteiger partial charge in [0.05, 0.1) is 23.2 Å². The van der Waals surface area contributed by atoms with Crippen molar-refractivity contribution in [2.24, 2.45) is 0 Å². The van der Waals surface area contributed by atoms with E-state index in [0.717, 1.165) is 11.5 Å². The number of carbonyl (C=O) groups excluding carboxylic acids is 1. The number of methoxy groups -OCH3 is 1. The number of ether oxygens (including phenoxy) is 1. The number of fused-ring (bicyclic) bond motifs is 1. The van der Waals surface area contributed by atoms with Gasteiger partial charge in [0.1, 0.15) is 11.5 Å². The maximum absolute atomic E-state index is 13.0. The number of benzene rings is 1. The highest BCUT2D eigenvalue weighted by Crippen LogP contribution is 2.21. The van der Waals surface area contributed by atoms with Crippen molar-refractivity contribution in [1.82, 2.24) is 14.5 Å². The molecule has 0 aliphatic rings. The third kappa shape index (κ3) is 5.44. The van der Waals surface area contributed by atoms with Crippen molar-refractivity contribution in [1.29, 1.82) is 0 Å². The van der Waals surface area contributed by atoms with Gasteiger partial charge in [0.25, 0.3) is 5.56 Å². The molecule has 0 N–H and O–H groups in total. The number of nitrogens with zero attached hydrogens (tertiary/aromatic N) is 3. The summed E-state index contributed by atoms with van der Waals surface area (Å²) >= 11 is 7.31. The summed E-state index contributed by atoms with van der Waals surface area (Å²) in [6, 6.07) is 8.74. The lowest BCUT2D eigenvalue weighted by atomic mass is 10.2. The molecule has 3 aromatic rings. The van der Waals surface area contributed by atoms with Crippen LogP contribution in [0, 0.1) is 6.92 Å². The number of halogens is 1. The van der Waals surface area contributed by atoms with E-state index >= 15 is 0 Å².